The molecule has 7 nitrogen and oxygen atoms in total. The number of fused-ring (bicyclic) bond motifs is 1. The summed E-state index contributed by atoms with van der Waals surface area (Å²) >= 11 is 6.23. The average Bonchev–Trinajstić information content (AvgIpc) is 2.80. The van der Waals surface area contributed by atoms with Crippen LogP contribution in [0.15, 0.2) is 88.9 Å². The number of nitrogens with one attached hydrogen (secondary N) is 2. The van der Waals surface area contributed by atoms with Crippen LogP contribution in [0, 0.1) is 6.92 Å². The standard InChI is InChI=1S/C24H19ClN4O3S/c1-16-7-8-18-14-19(23(25)27-22(18)13-16)15-26-28-24(30)17-9-11-20(12-10-17)29-33(31,32)21-5-3-2-4-6-21/h2-15,29H,1H3,(H,28,30). The Hall–Kier alpha value is -3.75. The molecule has 0 saturated carbocycles. The lowest BCUT2D eigenvalue weighted by atomic mass is 10.1. The maximum absolute atomic E-state index is 12.4. The predicted molar refractivity (Wildman–Crippen MR) is 130 cm³/mol. The third-order valence-electron chi connectivity index (χ3n) is 4.78. The molecule has 9 heteroatoms. The number of carbonyl (C=O) groups excluding carboxylic acids is 1. The zero-order chi connectivity index (χ0) is 23.4. The summed E-state index contributed by atoms with van der Waals surface area (Å²) in [4.78, 5) is 16.9. The zero-order valence-corrected chi connectivity index (χ0v) is 19.1. The van der Waals surface area contributed by atoms with Crippen molar-refractivity contribution in [3.05, 3.63) is 101 Å². The molecular formula is C24H19ClN4O3S. The SMILES string of the molecule is Cc1ccc2cc(C=NNC(=O)c3ccc(NS(=O)(=O)c4ccccc4)cc3)c(Cl)nc2c1. The maximum Gasteiger partial charge on any atom is 0.271 e. The van der Waals surface area contributed by atoms with E-state index in [1.807, 2.05) is 31.2 Å². The van der Waals surface area contributed by atoms with Crippen LogP contribution in [-0.4, -0.2) is 25.5 Å². The van der Waals surface area contributed by atoms with Crippen LogP contribution in [-0.2, 0) is 10.0 Å². The number of hydrogen-bond donors (Lipinski definition) is 2. The van der Waals surface area contributed by atoms with Gasteiger partial charge in [0.2, 0.25) is 0 Å². The van der Waals surface area contributed by atoms with Crippen molar-refractivity contribution >= 4 is 50.3 Å². The number of hydrogen-bond acceptors (Lipinski definition) is 5. The highest BCUT2D eigenvalue weighted by molar-refractivity contribution is 7.92. The Morgan fingerprint density at radius 1 is 1.00 bits per heavy atom. The van der Waals surface area contributed by atoms with E-state index in [0.29, 0.717) is 16.8 Å². The second-order valence-corrected chi connectivity index (χ2v) is 9.30. The molecule has 1 heterocycles. The van der Waals surface area contributed by atoms with E-state index in [1.54, 1.807) is 18.2 Å². The molecule has 0 aliphatic rings. The Morgan fingerprint density at radius 3 is 2.45 bits per heavy atom. The molecule has 0 atom stereocenters. The van der Waals surface area contributed by atoms with Crippen molar-refractivity contribution in [2.45, 2.75) is 11.8 Å². The molecule has 0 aliphatic heterocycles. The van der Waals surface area contributed by atoms with E-state index in [1.165, 1.54) is 42.6 Å². The van der Waals surface area contributed by atoms with Gasteiger partial charge in [0, 0.05) is 22.2 Å². The van der Waals surface area contributed by atoms with E-state index in [4.69, 9.17) is 11.6 Å². The fourth-order valence-corrected chi connectivity index (χ4v) is 4.36. The van der Waals surface area contributed by atoms with Gasteiger partial charge >= 0.3 is 0 Å². The molecule has 0 bridgehead atoms. The van der Waals surface area contributed by atoms with Gasteiger partial charge < -0.3 is 0 Å². The summed E-state index contributed by atoms with van der Waals surface area (Å²) in [7, 11) is -3.71. The van der Waals surface area contributed by atoms with Crippen molar-refractivity contribution in [2.75, 3.05) is 4.72 Å². The highest BCUT2D eigenvalue weighted by atomic mass is 35.5. The lowest BCUT2D eigenvalue weighted by molar-refractivity contribution is 0.0955. The van der Waals surface area contributed by atoms with Crippen LogP contribution in [0.4, 0.5) is 5.69 Å². The molecule has 0 spiro atoms. The van der Waals surface area contributed by atoms with Crippen molar-refractivity contribution in [1.29, 1.82) is 0 Å². The van der Waals surface area contributed by atoms with Gasteiger partial charge in [-0.2, -0.15) is 5.10 Å². The van der Waals surface area contributed by atoms with Crippen molar-refractivity contribution in [1.82, 2.24) is 10.4 Å². The summed E-state index contributed by atoms with van der Waals surface area (Å²) in [5, 5.41) is 5.15. The summed E-state index contributed by atoms with van der Waals surface area (Å²) in [6.45, 7) is 1.98. The number of benzene rings is 3. The maximum atomic E-state index is 12.4. The van der Waals surface area contributed by atoms with Crippen LogP contribution in [0.1, 0.15) is 21.5 Å². The van der Waals surface area contributed by atoms with E-state index in [0.717, 1.165) is 16.5 Å². The molecule has 2 N–H and O–H groups in total. The molecule has 0 aliphatic carbocycles. The van der Waals surface area contributed by atoms with E-state index in [-0.39, 0.29) is 10.0 Å². The summed E-state index contributed by atoms with van der Waals surface area (Å²) in [6, 6.07) is 21.7. The number of amides is 1. The van der Waals surface area contributed by atoms with Gasteiger partial charge in [-0.25, -0.2) is 18.8 Å². The first-order chi connectivity index (χ1) is 15.8. The number of aromatic nitrogens is 1. The largest absolute Gasteiger partial charge is 0.280 e. The summed E-state index contributed by atoms with van der Waals surface area (Å²) in [5.74, 6) is -0.454. The Kier molecular flexibility index (Phi) is 6.39. The van der Waals surface area contributed by atoms with Gasteiger partial charge in [0.1, 0.15) is 5.15 Å². The number of pyridine rings is 1. The smallest absolute Gasteiger partial charge is 0.271 e. The van der Waals surface area contributed by atoms with Gasteiger partial charge in [-0.1, -0.05) is 41.9 Å². The van der Waals surface area contributed by atoms with Gasteiger partial charge in [-0.05, 0) is 61.0 Å². The number of hydrazone groups is 1. The Bertz CT molecular complexity index is 1450. The Morgan fingerprint density at radius 2 is 1.73 bits per heavy atom. The van der Waals surface area contributed by atoms with Crippen LogP contribution in [0.3, 0.4) is 0 Å². The highest BCUT2D eigenvalue weighted by Crippen LogP contribution is 2.20. The van der Waals surface area contributed by atoms with Crippen LogP contribution in [0.5, 0.6) is 0 Å². The molecular weight excluding hydrogens is 460 g/mol. The molecule has 166 valence electrons. The highest BCUT2D eigenvalue weighted by Gasteiger charge is 2.14. The van der Waals surface area contributed by atoms with Crippen molar-refractivity contribution in [3.63, 3.8) is 0 Å². The number of anilines is 1. The summed E-state index contributed by atoms with van der Waals surface area (Å²) in [6.07, 6.45) is 1.43. The Labute approximate surface area is 196 Å². The van der Waals surface area contributed by atoms with Crippen molar-refractivity contribution < 1.29 is 13.2 Å². The third-order valence-corrected chi connectivity index (χ3v) is 6.48. The van der Waals surface area contributed by atoms with E-state index < -0.39 is 15.9 Å². The summed E-state index contributed by atoms with van der Waals surface area (Å²) < 4.78 is 27.3. The van der Waals surface area contributed by atoms with Crippen molar-refractivity contribution in [3.8, 4) is 0 Å². The second kappa shape index (κ2) is 9.40. The van der Waals surface area contributed by atoms with Crippen LogP contribution in [0.25, 0.3) is 10.9 Å². The van der Waals surface area contributed by atoms with Crippen LogP contribution in [0.2, 0.25) is 5.15 Å². The molecule has 0 radical (unpaired) electrons. The molecule has 4 rings (SSSR count). The topological polar surface area (TPSA) is 101 Å². The normalized spacial score (nSPS) is 11.6. The number of rotatable bonds is 6. The molecule has 0 saturated heterocycles. The first-order valence-corrected chi connectivity index (χ1v) is 11.8. The fraction of sp³-hybridized carbons (Fsp3) is 0.0417. The van der Waals surface area contributed by atoms with Crippen LogP contribution < -0.4 is 10.1 Å². The number of aryl methyl sites for hydroxylation is 1. The first kappa shape index (κ1) is 22.4. The fourth-order valence-electron chi connectivity index (χ4n) is 3.09. The zero-order valence-electron chi connectivity index (χ0n) is 17.5. The molecule has 0 fully saturated rings. The van der Waals surface area contributed by atoms with E-state index >= 15 is 0 Å². The third kappa shape index (κ3) is 5.36. The molecule has 1 amide bonds. The number of carbonyl (C=O) groups is 1. The molecule has 4 aromatic rings. The van der Waals surface area contributed by atoms with E-state index in [2.05, 4.69) is 20.2 Å². The number of sulfonamides is 1. The average molecular weight is 479 g/mol. The molecule has 33 heavy (non-hydrogen) atoms. The minimum Gasteiger partial charge on any atom is -0.280 e. The van der Waals surface area contributed by atoms with Crippen LogP contribution >= 0.6 is 11.6 Å². The predicted octanol–water partition coefficient (Wildman–Crippen LogP) is 4.76. The second-order valence-electron chi connectivity index (χ2n) is 7.26. The molecule has 1 aromatic heterocycles. The lowest BCUT2D eigenvalue weighted by Gasteiger charge is -2.08. The molecule has 3 aromatic carbocycles. The first-order valence-electron chi connectivity index (χ1n) is 9.90. The minimum absolute atomic E-state index is 0.151. The minimum atomic E-state index is -3.71. The Balaban J connectivity index is 1.42. The molecule has 0 unspecified atom stereocenters. The van der Waals surface area contributed by atoms with Gasteiger partial charge in [-0.3, -0.25) is 9.52 Å². The quantitative estimate of drug-likeness (QED) is 0.237. The van der Waals surface area contributed by atoms with Gasteiger partial charge in [0.25, 0.3) is 15.9 Å². The number of halogens is 1. The van der Waals surface area contributed by atoms with Gasteiger partial charge in [0.15, 0.2) is 0 Å². The van der Waals surface area contributed by atoms with Gasteiger partial charge in [0.05, 0.1) is 16.6 Å². The van der Waals surface area contributed by atoms with Crippen molar-refractivity contribution in [2.24, 2.45) is 5.10 Å². The van der Waals surface area contributed by atoms with Gasteiger partial charge in [-0.15, -0.1) is 0 Å². The summed E-state index contributed by atoms with van der Waals surface area (Å²) in [5.41, 5.74) is 5.51. The lowest BCUT2D eigenvalue weighted by Crippen LogP contribution is -2.18. The number of nitrogens with zero attached hydrogens (tertiary/aromatic N) is 2. The monoisotopic (exact) mass is 478 g/mol. The van der Waals surface area contributed by atoms with E-state index in [9.17, 15) is 13.2 Å².